The summed E-state index contributed by atoms with van der Waals surface area (Å²) in [6.07, 6.45) is 6.57. The fourth-order valence-electron chi connectivity index (χ4n) is 2.75. The van der Waals surface area contributed by atoms with Crippen molar-refractivity contribution in [1.82, 2.24) is 5.32 Å². The maximum atomic E-state index is 5.77. The molecule has 0 bridgehead atoms. The van der Waals surface area contributed by atoms with Crippen LogP contribution in [0, 0.1) is 6.92 Å². The number of ether oxygens (including phenoxy) is 1. The molecule has 0 saturated carbocycles. The highest BCUT2D eigenvalue weighted by Crippen LogP contribution is 2.19. The highest BCUT2D eigenvalue weighted by molar-refractivity contribution is 5.24. The summed E-state index contributed by atoms with van der Waals surface area (Å²) in [5.41, 5.74) is 2.73. The highest BCUT2D eigenvalue weighted by atomic mass is 16.5. The van der Waals surface area contributed by atoms with E-state index in [4.69, 9.17) is 4.74 Å². The van der Waals surface area contributed by atoms with E-state index in [-0.39, 0.29) is 0 Å². The number of hydrogen-bond acceptors (Lipinski definition) is 2. The second-order valence-electron chi connectivity index (χ2n) is 5.60. The fraction of sp³-hybridized carbons (Fsp3) is 0.647. The standard InChI is InChI=1S/C17H27NO/c1-3-17(15-9-7-14(2)8-10-15)18-12-11-16-6-4-5-13-19-16/h7-10,16-18H,3-6,11-13H2,1-2H3. The second kappa shape index (κ2) is 7.66. The molecule has 1 fully saturated rings. The first-order valence-corrected chi connectivity index (χ1v) is 7.71. The first-order valence-electron chi connectivity index (χ1n) is 7.71. The lowest BCUT2D eigenvalue weighted by Crippen LogP contribution is -2.27. The van der Waals surface area contributed by atoms with Gasteiger partial charge in [-0.15, -0.1) is 0 Å². The number of nitrogens with one attached hydrogen (secondary N) is 1. The van der Waals surface area contributed by atoms with Crippen LogP contribution in [-0.2, 0) is 4.74 Å². The Morgan fingerprint density at radius 3 is 2.68 bits per heavy atom. The van der Waals surface area contributed by atoms with Gasteiger partial charge in [0.2, 0.25) is 0 Å². The molecule has 2 rings (SSSR count). The molecule has 1 aromatic rings. The number of aryl methyl sites for hydroxylation is 1. The zero-order valence-corrected chi connectivity index (χ0v) is 12.3. The van der Waals surface area contributed by atoms with Crippen LogP contribution in [-0.4, -0.2) is 19.3 Å². The summed E-state index contributed by atoms with van der Waals surface area (Å²) in [7, 11) is 0. The number of benzene rings is 1. The summed E-state index contributed by atoms with van der Waals surface area (Å²) < 4.78 is 5.77. The van der Waals surface area contributed by atoms with Gasteiger partial charge in [-0.2, -0.15) is 0 Å². The molecule has 1 heterocycles. The van der Waals surface area contributed by atoms with Crippen molar-refractivity contribution in [3.05, 3.63) is 35.4 Å². The topological polar surface area (TPSA) is 21.3 Å². The lowest BCUT2D eigenvalue weighted by Gasteiger charge is -2.24. The van der Waals surface area contributed by atoms with Crippen LogP contribution in [0.3, 0.4) is 0 Å². The van der Waals surface area contributed by atoms with Gasteiger partial charge in [-0.05, 0) is 51.1 Å². The molecule has 2 heteroatoms. The normalized spacial score (nSPS) is 21.3. The monoisotopic (exact) mass is 261 g/mol. The van der Waals surface area contributed by atoms with Crippen LogP contribution in [0.4, 0.5) is 0 Å². The lowest BCUT2D eigenvalue weighted by atomic mass is 10.0. The van der Waals surface area contributed by atoms with Crippen molar-refractivity contribution in [3.63, 3.8) is 0 Å². The number of rotatable bonds is 6. The number of hydrogen-bond donors (Lipinski definition) is 1. The third-order valence-electron chi connectivity index (χ3n) is 4.02. The molecular weight excluding hydrogens is 234 g/mol. The van der Waals surface area contributed by atoms with E-state index in [1.165, 1.54) is 30.4 Å². The molecule has 0 amide bonds. The first-order chi connectivity index (χ1) is 9.29. The minimum Gasteiger partial charge on any atom is -0.378 e. The molecule has 0 radical (unpaired) electrons. The smallest absolute Gasteiger partial charge is 0.0587 e. The van der Waals surface area contributed by atoms with Crippen molar-refractivity contribution >= 4 is 0 Å². The van der Waals surface area contributed by atoms with E-state index in [1.54, 1.807) is 0 Å². The van der Waals surface area contributed by atoms with Gasteiger partial charge in [-0.3, -0.25) is 0 Å². The molecule has 2 unspecified atom stereocenters. The summed E-state index contributed by atoms with van der Waals surface area (Å²) in [5.74, 6) is 0. The van der Waals surface area contributed by atoms with Crippen LogP contribution in [0.2, 0.25) is 0 Å². The van der Waals surface area contributed by atoms with Gasteiger partial charge in [0.15, 0.2) is 0 Å². The van der Waals surface area contributed by atoms with Crippen LogP contribution in [0.25, 0.3) is 0 Å². The van der Waals surface area contributed by atoms with Crippen LogP contribution in [0.15, 0.2) is 24.3 Å². The van der Waals surface area contributed by atoms with Crippen LogP contribution in [0.5, 0.6) is 0 Å². The average Bonchev–Trinajstić information content (AvgIpc) is 2.46. The molecule has 0 aliphatic carbocycles. The Morgan fingerprint density at radius 2 is 2.05 bits per heavy atom. The van der Waals surface area contributed by atoms with E-state index in [0.29, 0.717) is 12.1 Å². The van der Waals surface area contributed by atoms with Crippen molar-refractivity contribution in [3.8, 4) is 0 Å². The Balaban J connectivity index is 1.77. The summed E-state index contributed by atoms with van der Waals surface area (Å²) in [6.45, 7) is 6.39. The maximum absolute atomic E-state index is 5.77. The summed E-state index contributed by atoms with van der Waals surface area (Å²) >= 11 is 0. The third-order valence-corrected chi connectivity index (χ3v) is 4.02. The lowest BCUT2D eigenvalue weighted by molar-refractivity contribution is 0.0112. The van der Waals surface area contributed by atoms with E-state index in [0.717, 1.165) is 26.0 Å². The van der Waals surface area contributed by atoms with Crippen molar-refractivity contribution in [2.75, 3.05) is 13.2 Å². The minimum absolute atomic E-state index is 0.476. The van der Waals surface area contributed by atoms with Gasteiger partial charge in [0.1, 0.15) is 0 Å². The van der Waals surface area contributed by atoms with Crippen molar-refractivity contribution < 1.29 is 4.74 Å². The average molecular weight is 261 g/mol. The first kappa shape index (κ1) is 14.5. The minimum atomic E-state index is 0.476. The molecule has 0 spiro atoms. The van der Waals surface area contributed by atoms with E-state index in [1.807, 2.05) is 0 Å². The largest absolute Gasteiger partial charge is 0.378 e. The predicted octanol–water partition coefficient (Wildman–Crippen LogP) is 3.99. The fourth-order valence-corrected chi connectivity index (χ4v) is 2.75. The predicted molar refractivity (Wildman–Crippen MR) is 80.4 cm³/mol. The molecule has 106 valence electrons. The Kier molecular flexibility index (Phi) is 5.87. The summed E-state index contributed by atoms with van der Waals surface area (Å²) in [6, 6.07) is 9.36. The van der Waals surface area contributed by atoms with Gasteiger partial charge in [-0.25, -0.2) is 0 Å². The molecule has 19 heavy (non-hydrogen) atoms. The Labute approximate surface area is 117 Å². The molecule has 1 N–H and O–H groups in total. The maximum Gasteiger partial charge on any atom is 0.0587 e. The zero-order valence-electron chi connectivity index (χ0n) is 12.3. The van der Waals surface area contributed by atoms with E-state index in [9.17, 15) is 0 Å². The second-order valence-corrected chi connectivity index (χ2v) is 5.60. The van der Waals surface area contributed by atoms with Gasteiger partial charge >= 0.3 is 0 Å². The molecular formula is C17H27NO. The van der Waals surface area contributed by atoms with Crippen molar-refractivity contribution in [2.45, 2.75) is 58.1 Å². The summed E-state index contributed by atoms with van der Waals surface area (Å²) in [5, 5.41) is 3.67. The van der Waals surface area contributed by atoms with Crippen molar-refractivity contribution in [1.29, 1.82) is 0 Å². The molecule has 1 saturated heterocycles. The Bertz CT molecular complexity index is 354. The van der Waals surface area contributed by atoms with Crippen LogP contribution < -0.4 is 5.32 Å². The molecule has 0 aromatic heterocycles. The van der Waals surface area contributed by atoms with E-state index >= 15 is 0 Å². The van der Waals surface area contributed by atoms with Gasteiger partial charge in [0.25, 0.3) is 0 Å². The third kappa shape index (κ3) is 4.63. The Morgan fingerprint density at radius 1 is 1.26 bits per heavy atom. The van der Waals surface area contributed by atoms with Gasteiger partial charge in [-0.1, -0.05) is 36.8 Å². The summed E-state index contributed by atoms with van der Waals surface area (Å²) in [4.78, 5) is 0. The molecule has 2 nitrogen and oxygen atoms in total. The molecule has 1 aromatic carbocycles. The van der Waals surface area contributed by atoms with Crippen molar-refractivity contribution in [2.24, 2.45) is 0 Å². The molecule has 1 aliphatic rings. The van der Waals surface area contributed by atoms with Gasteiger partial charge in [0, 0.05) is 12.6 Å². The Hall–Kier alpha value is -0.860. The van der Waals surface area contributed by atoms with Gasteiger partial charge < -0.3 is 10.1 Å². The zero-order chi connectivity index (χ0) is 13.5. The van der Waals surface area contributed by atoms with E-state index in [2.05, 4.69) is 43.4 Å². The SMILES string of the molecule is CCC(NCCC1CCCCO1)c1ccc(C)cc1. The van der Waals surface area contributed by atoms with Gasteiger partial charge in [0.05, 0.1) is 6.10 Å². The highest BCUT2D eigenvalue weighted by Gasteiger charge is 2.14. The molecule has 2 atom stereocenters. The van der Waals surface area contributed by atoms with Crippen LogP contribution in [0.1, 0.15) is 56.2 Å². The van der Waals surface area contributed by atoms with Crippen LogP contribution >= 0.6 is 0 Å². The van der Waals surface area contributed by atoms with E-state index < -0.39 is 0 Å². The molecule has 1 aliphatic heterocycles. The quantitative estimate of drug-likeness (QED) is 0.836.